The minimum Gasteiger partial charge on any atom is -0.444 e. The highest BCUT2D eigenvalue weighted by molar-refractivity contribution is 5.67. The van der Waals surface area contributed by atoms with Gasteiger partial charge in [-0.05, 0) is 52.8 Å². The molecule has 6 nitrogen and oxygen atoms in total. The Labute approximate surface area is 157 Å². The molecule has 1 aromatic heterocycles. The zero-order valence-electron chi connectivity index (χ0n) is 15.8. The molecular formula is C18H26F3N3O3. The fourth-order valence-corrected chi connectivity index (χ4v) is 2.92. The van der Waals surface area contributed by atoms with Crippen molar-refractivity contribution in [2.75, 3.05) is 26.2 Å². The summed E-state index contributed by atoms with van der Waals surface area (Å²) >= 11 is 0. The Hall–Kier alpha value is -2.03. The number of alkyl carbamates (subject to hydrolysis) is 1. The van der Waals surface area contributed by atoms with E-state index in [9.17, 15) is 18.0 Å². The highest BCUT2D eigenvalue weighted by atomic mass is 19.4. The molecule has 152 valence electrons. The summed E-state index contributed by atoms with van der Waals surface area (Å²) in [6.45, 7) is 8.16. The summed E-state index contributed by atoms with van der Waals surface area (Å²) in [5.74, 6) is -0.333. The van der Waals surface area contributed by atoms with E-state index in [1.165, 1.54) is 12.1 Å². The quantitative estimate of drug-likeness (QED) is 0.832. The summed E-state index contributed by atoms with van der Waals surface area (Å²) in [5.41, 5.74) is 0.0862. The molecule has 1 fully saturated rings. The fourth-order valence-electron chi connectivity index (χ4n) is 2.92. The molecule has 9 heteroatoms. The van der Waals surface area contributed by atoms with Crippen molar-refractivity contribution in [1.29, 1.82) is 0 Å². The van der Waals surface area contributed by atoms with Gasteiger partial charge < -0.3 is 19.7 Å². The van der Waals surface area contributed by atoms with Crippen molar-refractivity contribution < 1.29 is 27.4 Å². The van der Waals surface area contributed by atoms with E-state index in [1.807, 2.05) is 0 Å². The van der Waals surface area contributed by atoms with Gasteiger partial charge >= 0.3 is 12.5 Å². The van der Waals surface area contributed by atoms with Crippen molar-refractivity contribution in [3.63, 3.8) is 0 Å². The highest BCUT2D eigenvalue weighted by Crippen LogP contribution is 2.29. The number of halogens is 3. The zero-order chi connectivity index (χ0) is 20.1. The summed E-state index contributed by atoms with van der Waals surface area (Å²) in [6.07, 6.45) is -3.61. The van der Waals surface area contributed by atoms with Crippen LogP contribution in [-0.4, -0.2) is 54.1 Å². The number of hydrogen-bond donors (Lipinski definition) is 1. The molecule has 1 amide bonds. The van der Waals surface area contributed by atoms with Crippen LogP contribution in [0.2, 0.25) is 0 Å². The van der Waals surface area contributed by atoms with Crippen LogP contribution in [0.5, 0.6) is 5.88 Å². The smallest absolute Gasteiger partial charge is 0.444 e. The zero-order valence-corrected chi connectivity index (χ0v) is 15.8. The minimum absolute atomic E-state index is 0.0943. The molecule has 27 heavy (non-hydrogen) atoms. The van der Waals surface area contributed by atoms with Crippen LogP contribution in [0, 0.1) is 0 Å². The van der Waals surface area contributed by atoms with E-state index in [0.29, 0.717) is 18.8 Å². The third kappa shape index (κ3) is 8.03. The summed E-state index contributed by atoms with van der Waals surface area (Å²) in [6, 6.07) is 4.46. The molecule has 0 spiro atoms. The number of likely N-dealkylation sites (tertiary alicyclic amines) is 1. The normalized spacial score (nSPS) is 16.8. The molecule has 1 saturated heterocycles. The second kappa shape index (κ2) is 8.77. The van der Waals surface area contributed by atoms with Gasteiger partial charge in [-0.1, -0.05) is 6.07 Å². The van der Waals surface area contributed by atoms with E-state index in [0.717, 1.165) is 25.9 Å². The number of carbonyl (C=O) groups is 1. The second-order valence-corrected chi connectivity index (χ2v) is 7.49. The van der Waals surface area contributed by atoms with Crippen molar-refractivity contribution in [2.24, 2.45) is 0 Å². The van der Waals surface area contributed by atoms with Gasteiger partial charge in [0.05, 0.1) is 0 Å². The van der Waals surface area contributed by atoms with Crippen LogP contribution < -0.4 is 10.1 Å². The van der Waals surface area contributed by atoms with Crippen LogP contribution in [0.1, 0.15) is 45.2 Å². The minimum atomic E-state index is -4.74. The maximum Gasteiger partial charge on any atom is 0.574 e. The number of hydrogen-bond acceptors (Lipinski definition) is 5. The van der Waals surface area contributed by atoms with Crippen LogP contribution in [0.3, 0.4) is 0 Å². The van der Waals surface area contributed by atoms with E-state index in [-0.39, 0.29) is 5.92 Å². The fraction of sp³-hybridized carbons (Fsp3) is 0.667. The van der Waals surface area contributed by atoms with Crippen LogP contribution in [0.15, 0.2) is 18.2 Å². The number of amides is 1. The molecule has 0 bridgehead atoms. The van der Waals surface area contributed by atoms with Crippen LogP contribution in [0.4, 0.5) is 18.0 Å². The second-order valence-electron chi connectivity index (χ2n) is 7.49. The first kappa shape index (κ1) is 21.3. The molecule has 0 aliphatic carbocycles. The molecule has 2 heterocycles. The highest BCUT2D eigenvalue weighted by Gasteiger charge is 2.32. The van der Waals surface area contributed by atoms with Gasteiger partial charge in [0.2, 0.25) is 5.88 Å². The van der Waals surface area contributed by atoms with E-state index < -0.39 is 23.9 Å². The first-order valence-corrected chi connectivity index (χ1v) is 8.94. The van der Waals surface area contributed by atoms with E-state index in [2.05, 4.69) is 19.9 Å². The average molecular weight is 389 g/mol. The molecular weight excluding hydrogens is 363 g/mol. The summed E-state index contributed by atoms with van der Waals surface area (Å²) in [5, 5.41) is 2.72. The van der Waals surface area contributed by atoms with Gasteiger partial charge in [-0.25, -0.2) is 9.78 Å². The Morgan fingerprint density at radius 2 is 1.93 bits per heavy atom. The number of piperidine rings is 1. The number of pyridine rings is 1. The molecule has 0 unspecified atom stereocenters. The van der Waals surface area contributed by atoms with Crippen molar-refractivity contribution >= 4 is 6.09 Å². The molecule has 0 aromatic carbocycles. The van der Waals surface area contributed by atoms with Crippen molar-refractivity contribution in [1.82, 2.24) is 15.2 Å². The number of nitrogens with one attached hydrogen (secondary N) is 1. The molecule has 2 rings (SSSR count). The third-order valence-corrected chi connectivity index (χ3v) is 4.07. The van der Waals surface area contributed by atoms with E-state index >= 15 is 0 Å². The Morgan fingerprint density at radius 3 is 2.52 bits per heavy atom. The summed E-state index contributed by atoms with van der Waals surface area (Å²) in [7, 11) is 0. The van der Waals surface area contributed by atoms with Crippen molar-refractivity contribution in [3.8, 4) is 5.88 Å². The number of carbonyl (C=O) groups excluding carboxylic acids is 1. The lowest BCUT2D eigenvalue weighted by Crippen LogP contribution is -2.40. The van der Waals surface area contributed by atoms with E-state index in [4.69, 9.17) is 4.74 Å². The van der Waals surface area contributed by atoms with Gasteiger partial charge in [0.15, 0.2) is 0 Å². The predicted molar refractivity (Wildman–Crippen MR) is 93.6 cm³/mol. The topological polar surface area (TPSA) is 63.7 Å². The monoisotopic (exact) mass is 389 g/mol. The van der Waals surface area contributed by atoms with Crippen molar-refractivity contribution in [2.45, 2.75) is 51.5 Å². The lowest BCUT2D eigenvalue weighted by atomic mass is 9.93. The molecule has 0 saturated carbocycles. The Balaban J connectivity index is 1.75. The number of aromatic nitrogens is 1. The first-order chi connectivity index (χ1) is 12.5. The number of ether oxygens (including phenoxy) is 2. The van der Waals surface area contributed by atoms with Crippen LogP contribution >= 0.6 is 0 Å². The molecule has 0 atom stereocenters. The van der Waals surface area contributed by atoms with Crippen LogP contribution in [-0.2, 0) is 4.74 Å². The van der Waals surface area contributed by atoms with Gasteiger partial charge in [-0.2, -0.15) is 0 Å². The molecule has 1 aliphatic heterocycles. The number of rotatable bonds is 5. The average Bonchev–Trinajstić information content (AvgIpc) is 2.52. The van der Waals surface area contributed by atoms with Gasteiger partial charge in [0.1, 0.15) is 5.60 Å². The maximum absolute atomic E-state index is 12.3. The van der Waals surface area contributed by atoms with Crippen molar-refractivity contribution in [3.05, 3.63) is 23.9 Å². The number of alkyl halides is 3. The summed E-state index contributed by atoms with van der Waals surface area (Å²) in [4.78, 5) is 17.8. The van der Waals surface area contributed by atoms with Crippen LogP contribution in [0.25, 0.3) is 0 Å². The van der Waals surface area contributed by atoms with Gasteiger partial charge in [0.25, 0.3) is 0 Å². The lowest BCUT2D eigenvalue weighted by Gasteiger charge is -2.31. The standard InChI is InChI=1S/C18H26F3N3O3/c1-17(2,3)27-16(25)22-9-12-24-10-7-13(8-11-24)14-5-4-6-15(23-14)26-18(19,20)21/h4-6,13H,7-12H2,1-3H3,(H,22,25). The molecule has 1 aromatic rings. The Kier molecular flexibility index (Phi) is 6.91. The predicted octanol–water partition coefficient (Wildman–Crippen LogP) is 3.68. The molecule has 1 N–H and O–H groups in total. The number of nitrogens with zero attached hydrogens (tertiary/aromatic N) is 2. The van der Waals surface area contributed by atoms with Gasteiger partial charge in [0, 0.05) is 30.8 Å². The summed E-state index contributed by atoms with van der Waals surface area (Å²) < 4.78 is 46.0. The largest absolute Gasteiger partial charge is 0.574 e. The maximum atomic E-state index is 12.3. The lowest BCUT2D eigenvalue weighted by molar-refractivity contribution is -0.276. The molecule has 0 radical (unpaired) electrons. The van der Waals surface area contributed by atoms with Gasteiger partial charge in [-0.15, -0.1) is 13.2 Å². The third-order valence-electron chi connectivity index (χ3n) is 4.07. The van der Waals surface area contributed by atoms with Gasteiger partial charge in [-0.3, -0.25) is 0 Å². The SMILES string of the molecule is CC(C)(C)OC(=O)NCCN1CCC(c2cccc(OC(F)(F)F)n2)CC1. The Morgan fingerprint density at radius 1 is 1.26 bits per heavy atom. The first-order valence-electron chi connectivity index (χ1n) is 8.94. The Bertz CT molecular complexity index is 624. The van der Waals surface area contributed by atoms with E-state index in [1.54, 1.807) is 26.8 Å². The molecule has 1 aliphatic rings.